The molecule has 2 aliphatic rings. The topological polar surface area (TPSA) is 63.6 Å². The maximum absolute atomic E-state index is 11.5. The lowest BCUT2D eigenvalue weighted by molar-refractivity contribution is -0.137. The lowest BCUT2D eigenvalue weighted by Gasteiger charge is -2.20. The average molecular weight is 264 g/mol. The summed E-state index contributed by atoms with van der Waals surface area (Å²) >= 11 is 0. The van der Waals surface area contributed by atoms with E-state index in [0.29, 0.717) is 24.8 Å². The van der Waals surface area contributed by atoms with Crippen LogP contribution in [0.2, 0.25) is 0 Å². The van der Waals surface area contributed by atoms with Gasteiger partial charge in [0, 0.05) is 23.8 Å². The van der Waals surface area contributed by atoms with Gasteiger partial charge < -0.3 is 14.6 Å². The van der Waals surface area contributed by atoms with Gasteiger partial charge >= 0.3 is 5.97 Å². The maximum Gasteiger partial charge on any atom is 0.334 e. The third-order valence-corrected chi connectivity index (χ3v) is 4.15. The molecule has 104 valence electrons. The molecule has 0 aromatic rings. The van der Waals surface area contributed by atoms with Crippen LogP contribution in [0.3, 0.4) is 0 Å². The highest BCUT2D eigenvalue weighted by Crippen LogP contribution is 2.38. The van der Waals surface area contributed by atoms with Crippen LogP contribution in [0, 0.1) is 11.8 Å². The predicted octanol–water partition coefficient (Wildman–Crippen LogP) is 1.78. The lowest BCUT2D eigenvalue weighted by Crippen LogP contribution is -2.22. The van der Waals surface area contributed by atoms with E-state index in [2.05, 4.69) is 6.58 Å². The van der Waals surface area contributed by atoms with Gasteiger partial charge in [0.2, 0.25) is 0 Å². The van der Waals surface area contributed by atoms with Gasteiger partial charge in [0.15, 0.2) is 0 Å². The number of fused-ring (bicyclic) bond motifs is 1. The molecular formula is C15H20O4. The Bertz CT molecular complexity index is 449. The normalized spacial score (nSPS) is 34.4. The van der Waals surface area contributed by atoms with Gasteiger partial charge in [-0.2, -0.15) is 0 Å². The van der Waals surface area contributed by atoms with E-state index in [4.69, 9.17) is 4.74 Å². The van der Waals surface area contributed by atoms with Crippen LogP contribution in [0.4, 0.5) is 0 Å². The SMILES string of the molecule is C=C1C(=O)OC2C=C(CCC(C)=O)C(C)C(O)CC12. The fourth-order valence-electron chi connectivity index (χ4n) is 2.76. The van der Waals surface area contributed by atoms with Crippen molar-refractivity contribution in [3.63, 3.8) is 0 Å². The van der Waals surface area contributed by atoms with E-state index >= 15 is 0 Å². The van der Waals surface area contributed by atoms with E-state index in [9.17, 15) is 14.7 Å². The highest BCUT2D eigenvalue weighted by molar-refractivity contribution is 5.91. The molecule has 1 fully saturated rings. The van der Waals surface area contributed by atoms with Crippen LogP contribution in [0.1, 0.15) is 33.1 Å². The lowest BCUT2D eigenvalue weighted by atomic mass is 9.88. The summed E-state index contributed by atoms with van der Waals surface area (Å²) in [5, 5.41) is 10.2. The van der Waals surface area contributed by atoms with Crippen molar-refractivity contribution in [2.24, 2.45) is 11.8 Å². The van der Waals surface area contributed by atoms with Gasteiger partial charge in [0.05, 0.1) is 6.10 Å². The Balaban J connectivity index is 2.23. The minimum Gasteiger partial charge on any atom is -0.454 e. The quantitative estimate of drug-likeness (QED) is 0.479. The van der Waals surface area contributed by atoms with Crippen LogP contribution in [-0.4, -0.2) is 29.1 Å². The monoisotopic (exact) mass is 264 g/mol. The van der Waals surface area contributed by atoms with Gasteiger partial charge in [0.1, 0.15) is 11.9 Å². The zero-order valence-corrected chi connectivity index (χ0v) is 11.4. The molecular weight excluding hydrogens is 244 g/mol. The number of ketones is 1. The molecule has 2 rings (SSSR count). The first kappa shape index (κ1) is 14.0. The number of carbonyl (C=O) groups is 2. The predicted molar refractivity (Wildman–Crippen MR) is 70.3 cm³/mol. The molecule has 4 atom stereocenters. The van der Waals surface area contributed by atoms with Crippen molar-refractivity contribution in [1.82, 2.24) is 0 Å². The second kappa shape index (κ2) is 5.29. The molecule has 4 heteroatoms. The summed E-state index contributed by atoms with van der Waals surface area (Å²) < 4.78 is 5.28. The van der Waals surface area contributed by atoms with Crippen LogP contribution in [-0.2, 0) is 14.3 Å². The van der Waals surface area contributed by atoms with E-state index in [1.54, 1.807) is 6.92 Å². The molecule has 1 saturated heterocycles. The Morgan fingerprint density at radius 2 is 2.26 bits per heavy atom. The number of rotatable bonds is 3. The zero-order chi connectivity index (χ0) is 14.2. The van der Waals surface area contributed by atoms with Crippen molar-refractivity contribution in [3.8, 4) is 0 Å². The number of hydrogen-bond donors (Lipinski definition) is 1. The van der Waals surface area contributed by atoms with Gasteiger partial charge in [-0.1, -0.05) is 19.1 Å². The van der Waals surface area contributed by atoms with Crippen LogP contribution < -0.4 is 0 Å². The molecule has 0 saturated carbocycles. The molecule has 0 aromatic carbocycles. The number of esters is 1. The standard InChI is InChI=1S/C15H20O4/c1-8(16)4-5-11-6-14-12(7-13(17)9(11)2)10(3)15(18)19-14/h6,9,12-14,17H,3-5,7H2,1-2H3. The van der Waals surface area contributed by atoms with E-state index < -0.39 is 6.10 Å². The highest BCUT2D eigenvalue weighted by Gasteiger charge is 2.41. The molecule has 1 aliphatic carbocycles. The molecule has 0 amide bonds. The van der Waals surface area contributed by atoms with Crippen molar-refractivity contribution in [1.29, 1.82) is 0 Å². The smallest absolute Gasteiger partial charge is 0.334 e. The molecule has 0 bridgehead atoms. The van der Waals surface area contributed by atoms with E-state index in [0.717, 1.165) is 5.57 Å². The van der Waals surface area contributed by atoms with Gasteiger partial charge in [-0.05, 0) is 25.8 Å². The first-order valence-electron chi connectivity index (χ1n) is 6.68. The largest absolute Gasteiger partial charge is 0.454 e. The molecule has 0 spiro atoms. The second-order valence-corrected chi connectivity index (χ2v) is 5.54. The van der Waals surface area contributed by atoms with E-state index in [1.165, 1.54) is 0 Å². The number of Topliss-reactive ketones (excluding diaryl/α,β-unsaturated/α-hetero) is 1. The summed E-state index contributed by atoms with van der Waals surface area (Å²) in [7, 11) is 0. The van der Waals surface area contributed by atoms with Crippen LogP contribution in [0.15, 0.2) is 23.8 Å². The summed E-state index contributed by atoms with van der Waals surface area (Å²) in [5.41, 5.74) is 1.44. The summed E-state index contributed by atoms with van der Waals surface area (Å²) in [5.74, 6) is -0.411. The summed E-state index contributed by atoms with van der Waals surface area (Å²) in [4.78, 5) is 22.6. The minimum atomic E-state index is -0.528. The first-order valence-corrected chi connectivity index (χ1v) is 6.68. The second-order valence-electron chi connectivity index (χ2n) is 5.54. The van der Waals surface area contributed by atoms with Crippen LogP contribution in [0.25, 0.3) is 0 Å². The van der Waals surface area contributed by atoms with Gasteiger partial charge in [-0.25, -0.2) is 4.79 Å². The third kappa shape index (κ3) is 2.78. The Morgan fingerprint density at radius 1 is 1.58 bits per heavy atom. The zero-order valence-electron chi connectivity index (χ0n) is 11.4. The Hall–Kier alpha value is -1.42. The van der Waals surface area contributed by atoms with Gasteiger partial charge in [-0.3, -0.25) is 0 Å². The molecule has 1 heterocycles. The Labute approximate surface area is 113 Å². The first-order chi connectivity index (χ1) is 8.90. The summed E-state index contributed by atoms with van der Waals surface area (Å²) in [6.45, 7) is 7.25. The summed E-state index contributed by atoms with van der Waals surface area (Å²) in [6.07, 6.45) is 2.60. The van der Waals surface area contributed by atoms with Gasteiger partial charge in [0.25, 0.3) is 0 Å². The average Bonchev–Trinajstić information content (AvgIpc) is 2.53. The highest BCUT2D eigenvalue weighted by atomic mass is 16.6. The Morgan fingerprint density at radius 3 is 2.89 bits per heavy atom. The van der Waals surface area contributed by atoms with Crippen molar-refractivity contribution < 1.29 is 19.4 Å². The van der Waals surface area contributed by atoms with Crippen molar-refractivity contribution in [2.75, 3.05) is 0 Å². The molecule has 19 heavy (non-hydrogen) atoms. The van der Waals surface area contributed by atoms with Crippen LogP contribution >= 0.6 is 0 Å². The molecule has 4 unspecified atom stereocenters. The van der Waals surface area contributed by atoms with Gasteiger partial charge in [-0.15, -0.1) is 0 Å². The number of aliphatic hydroxyl groups is 1. The Kier molecular flexibility index (Phi) is 3.90. The fraction of sp³-hybridized carbons (Fsp3) is 0.600. The van der Waals surface area contributed by atoms with E-state index in [-0.39, 0.29) is 29.7 Å². The molecule has 1 aliphatic heterocycles. The molecule has 1 N–H and O–H groups in total. The number of ether oxygens (including phenoxy) is 1. The molecule has 0 radical (unpaired) electrons. The van der Waals surface area contributed by atoms with Crippen molar-refractivity contribution in [2.45, 2.75) is 45.3 Å². The molecule has 4 nitrogen and oxygen atoms in total. The van der Waals surface area contributed by atoms with Crippen molar-refractivity contribution in [3.05, 3.63) is 23.8 Å². The minimum absolute atomic E-state index is 0.0172. The maximum atomic E-state index is 11.5. The van der Waals surface area contributed by atoms with E-state index in [1.807, 2.05) is 13.0 Å². The number of aliphatic hydroxyl groups excluding tert-OH is 1. The summed E-state index contributed by atoms with van der Waals surface area (Å²) in [6, 6.07) is 0. The van der Waals surface area contributed by atoms with Crippen molar-refractivity contribution >= 4 is 11.8 Å². The number of carbonyl (C=O) groups excluding carboxylic acids is 2. The number of hydrogen-bond acceptors (Lipinski definition) is 4. The van der Waals surface area contributed by atoms with Crippen LogP contribution in [0.5, 0.6) is 0 Å². The third-order valence-electron chi connectivity index (χ3n) is 4.15. The fourth-order valence-corrected chi connectivity index (χ4v) is 2.76. The molecule has 0 aromatic heterocycles.